The molecular formula is C22H28N6O. The predicted octanol–water partition coefficient (Wildman–Crippen LogP) is 3.02. The molecule has 7 nitrogen and oxygen atoms in total. The van der Waals surface area contributed by atoms with Crippen LogP contribution in [0.3, 0.4) is 0 Å². The first kappa shape index (κ1) is 20.4. The first-order chi connectivity index (χ1) is 14.2. The fraction of sp³-hybridized carbons (Fsp3) is 0.318. The van der Waals surface area contributed by atoms with Gasteiger partial charge in [0.2, 0.25) is 0 Å². The van der Waals surface area contributed by atoms with E-state index in [0.29, 0.717) is 13.2 Å². The lowest BCUT2D eigenvalue weighted by Crippen LogP contribution is -2.37. The molecule has 0 bridgehead atoms. The summed E-state index contributed by atoms with van der Waals surface area (Å²) in [7, 11) is 1.76. The van der Waals surface area contributed by atoms with Crippen molar-refractivity contribution < 1.29 is 4.74 Å². The highest BCUT2D eigenvalue weighted by atomic mass is 16.5. The maximum absolute atomic E-state index is 5.69. The molecule has 0 amide bonds. The van der Waals surface area contributed by atoms with Gasteiger partial charge in [-0.2, -0.15) is 5.10 Å². The van der Waals surface area contributed by atoms with E-state index < -0.39 is 0 Å². The molecule has 0 aliphatic carbocycles. The molecule has 0 aliphatic rings. The Kier molecular flexibility index (Phi) is 7.22. The van der Waals surface area contributed by atoms with Crippen LogP contribution in [0.15, 0.2) is 59.7 Å². The van der Waals surface area contributed by atoms with Gasteiger partial charge in [-0.3, -0.25) is 4.99 Å². The van der Waals surface area contributed by atoms with Gasteiger partial charge >= 0.3 is 0 Å². The van der Waals surface area contributed by atoms with Crippen molar-refractivity contribution >= 4 is 5.96 Å². The number of aliphatic imine (C=N–C) groups is 1. The van der Waals surface area contributed by atoms with Crippen molar-refractivity contribution in [2.45, 2.75) is 26.8 Å². The summed E-state index contributed by atoms with van der Waals surface area (Å²) in [5.41, 5.74) is 3.13. The number of nitrogens with one attached hydrogen (secondary N) is 2. The van der Waals surface area contributed by atoms with E-state index in [1.165, 1.54) is 0 Å². The average molecular weight is 393 g/mol. The number of aryl methyl sites for hydroxylation is 2. The summed E-state index contributed by atoms with van der Waals surface area (Å²) in [5, 5.41) is 11.1. The highest BCUT2D eigenvalue weighted by Gasteiger charge is 2.05. The monoisotopic (exact) mass is 392 g/mol. The van der Waals surface area contributed by atoms with Crippen molar-refractivity contribution in [1.29, 1.82) is 0 Å². The highest BCUT2D eigenvalue weighted by molar-refractivity contribution is 5.79. The van der Waals surface area contributed by atoms with E-state index in [1.807, 2.05) is 73.3 Å². The lowest BCUT2D eigenvalue weighted by Gasteiger charge is -2.12. The Morgan fingerprint density at radius 1 is 1.10 bits per heavy atom. The van der Waals surface area contributed by atoms with Crippen molar-refractivity contribution in [2.24, 2.45) is 4.99 Å². The average Bonchev–Trinajstić information content (AvgIpc) is 3.09. The topological polar surface area (TPSA) is 76.4 Å². The Labute approximate surface area is 171 Å². The lowest BCUT2D eigenvalue weighted by molar-refractivity contribution is 0.311. The number of hydrogen-bond acceptors (Lipinski definition) is 4. The molecule has 0 saturated carbocycles. The Balaban J connectivity index is 1.40. The third kappa shape index (κ3) is 6.07. The summed E-state index contributed by atoms with van der Waals surface area (Å²) in [6, 6.07) is 15.9. The molecule has 1 aromatic carbocycles. The molecule has 0 fully saturated rings. The molecule has 0 saturated heterocycles. The quantitative estimate of drug-likeness (QED) is 0.350. The van der Waals surface area contributed by atoms with E-state index in [-0.39, 0.29) is 0 Å². The molecule has 3 rings (SSSR count). The second-order valence-electron chi connectivity index (χ2n) is 6.73. The van der Waals surface area contributed by atoms with Crippen molar-refractivity contribution in [3.63, 3.8) is 0 Å². The van der Waals surface area contributed by atoms with Crippen LogP contribution in [-0.4, -0.2) is 40.9 Å². The summed E-state index contributed by atoms with van der Waals surface area (Å²) in [5.74, 6) is 2.47. The van der Waals surface area contributed by atoms with Crippen LogP contribution in [0.5, 0.6) is 5.75 Å². The van der Waals surface area contributed by atoms with Gasteiger partial charge in [0.05, 0.1) is 12.3 Å². The number of pyridine rings is 1. The van der Waals surface area contributed by atoms with Crippen LogP contribution in [-0.2, 0) is 6.54 Å². The van der Waals surface area contributed by atoms with Gasteiger partial charge in [0.15, 0.2) is 11.8 Å². The molecule has 7 heteroatoms. The summed E-state index contributed by atoms with van der Waals surface area (Å²) in [6.07, 6.45) is 2.74. The standard InChI is InChI=1S/C22H28N6O/c1-17-14-18(2)28(27-17)21-11-10-19(15-25-21)16-26-22(23-3)24-12-7-13-29-20-8-5-4-6-9-20/h4-6,8-11,14-15H,7,12-13,16H2,1-3H3,(H2,23,24,26). The normalized spacial score (nSPS) is 11.3. The van der Waals surface area contributed by atoms with Crippen molar-refractivity contribution in [3.8, 4) is 11.6 Å². The van der Waals surface area contributed by atoms with Crippen molar-refractivity contribution in [3.05, 3.63) is 71.7 Å². The molecule has 0 atom stereocenters. The van der Waals surface area contributed by atoms with Crippen LogP contribution in [0.2, 0.25) is 0 Å². The van der Waals surface area contributed by atoms with Crippen molar-refractivity contribution in [1.82, 2.24) is 25.4 Å². The van der Waals surface area contributed by atoms with E-state index >= 15 is 0 Å². The highest BCUT2D eigenvalue weighted by Crippen LogP contribution is 2.10. The van der Waals surface area contributed by atoms with Crippen LogP contribution in [0.1, 0.15) is 23.4 Å². The van der Waals surface area contributed by atoms with Gasteiger partial charge in [0.1, 0.15) is 5.75 Å². The number of guanidine groups is 1. The molecule has 0 radical (unpaired) electrons. The first-order valence-corrected chi connectivity index (χ1v) is 9.76. The fourth-order valence-electron chi connectivity index (χ4n) is 2.90. The third-order valence-electron chi connectivity index (χ3n) is 4.34. The zero-order valence-electron chi connectivity index (χ0n) is 17.2. The van der Waals surface area contributed by atoms with Gasteiger partial charge in [-0.1, -0.05) is 24.3 Å². The second-order valence-corrected chi connectivity index (χ2v) is 6.73. The number of para-hydroxylation sites is 1. The molecule has 3 aromatic rings. The number of nitrogens with zero attached hydrogens (tertiary/aromatic N) is 4. The lowest BCUT2D eigenvalue weighted by atomic mass is 10.3. The molecule has 152 valence electrons. The van der Waals surface area contributed by atoms with E-state index in [0.717, 1.165) is 47.4 Å². The zero-order chi connectivity index (χ0) is 20.5. The van der Waals surface area contributed by atoms with Gasteiger partial charge in [0.25, 0.3) is 0 Å². The second kappa shape index (κ2) is 10.3. The largest absolute Gasteiger partial charge is 0.494 e. The van der Waals surface area contributed by atoms with Crippen LogP contribution >= 0.6 is 0 Å². The summed E-state index contributed by atoms with van der Waals surface area (Å²) < 4.78 is 7.54. The minimum Gasteiger partial charge on any atom is -0.494 e. The molecular weight excluding hydrogens is 364 g/mol. The van der Waals surface area contributed by atoms with Gasteiger partial charge in [-0.25, -0.2) is 9.67 Å². The Hall–Kier alpha value is -3.35. The van der Waals surface area contributed by atoms with Crippen LogP contribution in [0.4, 0.5) is 0 Å². The number of ether oxygens (including phenoxy) is 1. The Morgan fingerprint density at radius 2 is 1.93 bits per heavy atom. The summed E-state index contributed by atoms with van der Waals surface area (Å²) in [6.45, 7) is 6.09. The summed E-state index contributed by atoms with van der Waals surface area (Å²) >= 11 is 0. The van der Waals surface area contributed by atoms with Gasteiger partial charge in [-0.05, 0) is 50.1 Å². The molecule has 0 unspecified atom stereocenters. The van der Waals surface area contributed by atoms with E-state index in [2.05, 4.69) is 25.7 Å². The number of hydrogen-bond donors (Lipinski definition) is 2. The van der Waals surface area contributed by atoms with Gasteiger partial charge < -0.3 is 15.4 Å². The molecule has 2 aromatic heterocycles. The maximum atomic E-state index is 5.69. The van der Waals surface area contributed by atoms with Crippen molar-refractivity contribution in [2.75, 3.05) is 20.2 Å². The van der Waals surface area contributed by atoms with Crippen LogP contribution in [0, 0.1) is 13.8 Å². The Bertz CT molecular complexity index is 918. The molecule has 0 aliphatic heterocycles. The van der Waals surface area contributed by atoms with Crippen LogP contribution in [0.25, 0.3) is 5.82 Å². The van der Waals surface area contributed by atoms with E-state index in [1.54, 1.807) is 7.05 Å². The van der Waals surface area contributed by atoms with Gasteiger partial charge in [-0.15, -0.1) is 0 Å². The number of benzene rings is 1. The fourth-order valence-corrected chi connectivity index (χ4v) is 2.90. The molecule has 0 spiro atoms. The first-order valence-electron chi connectivity index (χ1n) is 9.76. The smallest absolute Gasteiger partial charge is 0.191 e. The minimum atomic E-state index is 0.643. The van der Waals surface area contributed by atoms with E-state index in [4.69, 9.17) is 4.74 Å². The Morgan fingerprint density at radius 3 is 2.59 bits per heavy atom. The molecule has 2 heterocycles. The van der Waals surface area contributed by atoms with Gasteiger partial charge in [0, 0.05) is 32.0 Å². The van der Waals surface area contributed by atoms with Crippen LogP contribution < -0.4 is 15.4 Å². The molecule has 29 heavy (non-hydrogen) atoms. The molecule has 2 N–H and O–H groups in total. The zero-order valence-corrected chi connectivity index (χ0v) is 17.2. The number of rotatable bonds is 8. The maximum Gasteiger partial charge on any atom is 0.191 e. The van der Waals surface area contributed by atoms with E-state index in [9.17, 15) is 0 Å². The third-order valence-corrected chi connectivity index (χ3v) is 4.34. The predicted molar refractivity (Wildman–Crippen MR) is 116 cm³/mol. The summed E-state index contributed by atoms with van der Waals surface area (Å²) in [4.78, 5) is 8.78. The minimum absolute atomic E-state index is 0.643. The SMILES string of the molecule is CN=C(NCCCOc1ccccc1)NCc1ccc(-n2nc(C)cc2C)nc1. The number of aromatic nitrogens is 3.